The van der Waals surface area contributed by atoms with E-state index in [2.05, 4.69) is 22.1 Å². The maximum absolute atomic E-state index is 11.8. The average Bonchev–Trinajstić information content (AvgIpc) is 2.86. The molecule has 3 N–H and O–H groups in total. The molecule has 0 aliphatic carbocycles. The lowest BCUT2D eigenvalue weighted by molar-refractivity contribution is -0.140. The molecule has 1 aromatic rings. The maximum atomic E-state index is 11.8. The standard InChI is InChI=1S/C12H17N3O4/c1-3-5-19-7-10(12(17)18)13-11(16)9-6-8(4-2)14-15-9/h3,6,10H,1,4-5,7H2,2H3,(H,13,16)(H,14,15)(H,17,18). The number of nitrogens with zero attached hydrogens (tertiary/aromatic N) is 1. The molecule has 0 spiro atoms. The highest BCUT2D eigenvalue weighted by atomic mass is 16.5. The Morgan fingerprint density at radius 2 is 2.42 bits per heavy atom. The highest BCUT2D eigenvalue weighted by molar-refractivity contribution is 5.95. The second-order valence-electron chi connectivity index (χ2n) is 3.82. The zero-order valence-corrected chi connectivity index (χ0v) is 10.7. The van der Waals surface area contributed by atoms with Crippen molar-refractivity contribution in [2.45, 2.75) is 19.4 Å². The third-order valence-corrected chi connectivity index (χ3v) is 2.37. The number of aromatic nitrogens is 2. The minimum atomic E-state index is -1.16. The zero-order chi connectivity index (χ0) is 14.3. The number of ether oxygens (including phenoxy) is 1. The molecule has 0 aliphatic heterocycles. The molecule has 1 unspecified atom stereocenters. The monoisotopic (exact) mass is 267 g/mol. The summed E-state index contributed by atoms with van der Waals surface area (Å²) in [5.41, 5.74) is 0.965. The summed E-state index contributed by atoms with van der Waals surface area (Å²) in [6.45, 7) is 5.46. The third-order valence-electron chi connectivity index (χ3n) is 2.37. The first-order valence-corrected chi connectivity index (χ1v) is 5.85. The molecule has 1 atom stereocenters. The molecule has 19 heavy (non-hydrogen) atoms. The van der Waals surface area contributed by atoms with E-state index < -0.39 is 17.9 Å². The molecule has 1 heterocycles. The lowest BCUT2D eigenvalue weighted by Crippen LogP contribution is -2.44. The number of amides is 1. The number of hydrogen-bond donors (Lipinski definition) is 3. The van der Waals surface area contributed by atoms with Gasteiger partial charge in [0.05, 0.1) is 13.2 Å². The van der Waals surface area contributed by atoms with Crippen LogP contribution in [0.2, 0.25) is 0 Å². The van der Waals surface area contributed by atoms with Gasteiger partial charge in [0, 0.05) is 5.69 Å². The summed E-state index contributed by atoms with van der Waals surface area (Å²) >= 11 is 0. The quantitative estimate of drug-likeness (QED) is 0.466. The summed E-state index contributed by atoms with van der Waals surface area (Å²) in [7, 11) is 0. The van der Waals surface area contributed by atoms with E-state index in [0.29, 0.717) is 6.42 Å². The molecule has 7 heteroatoms. The van der Waals surface area contributed by atoms with Gasteiger partial charge in [-0.25, -0.2) is 4.79 Å². The van der Waals surface area contributed by atoms with Crippen LogP contribution in [-0.2, 0) is 16.0 Å². The number of rotatable bonds is 8. The van der Waals surface area contributed by atoms with Gasteiger partial charge in [0.15, 0.2) is 6.04 Å². The van der Waals surface area contributed by atoms with E-state index in [1.807, 2.05) is 6.92 Å². The number of aliphatic carboxylic acids is 1. The largest absolute Gasteiger partial charge is 0.480 e. The van der Waals surface area contributed by atoms with Crippen LogP contribution in [0.4, 0.5) is 0 Å². The fourth-order valence-corrected chi connectivity index (χ4v) is 1.34. The minimum absolute atomic E-state index is 0.127. The van der Waals surface area contributed by atoms with Crippen molar-refractivity contribution in [3.8, 4) is 0 Å². The van der Waals surface area contributed by atoms with Gasteiger partial charge in [0.1, 0.15) is 5.69 Å². The van der Waals surface area contributed by atoms with E-state index in [1.54, 1.807) is 6.07 Å². The highest BCUT2D eigenvalue weighted by Gasteiger charge is 2.22. The van der Waals surface area contributed by atoms with E-state index in [9.17, 15) is 9.59 Å². The van der Waals surface area contributed by atoms with Crippen LogP contribution >= 0.6 is 0 Å². The molecule has 0 radical (unpaired) electrons. The van der Waals surface area contributed by atoms with Crippen molar-refractivity contribution in [3.63, 3.8) is 0 Å². The molecular formula is C12H17N3O4. The normalized spacial score (nSPS) is 11.8. The van der Waals surface area contributed by atoms with Crippen LogP contribution in [0.5, 0.6) is 0 Å². The number of nitrogens with one attached hydrogen (secondary N) is 2. The third kappa shape index (κ3) is 4.55. The molecule has 1 aromatic heterocycles. The van der Waals surface area contributed by atoms with E-state index in [-0.39, 0.29) is 18.9 Å². The number of carbonyl (C=O) groups is 2. The van der Waals surface area contributed by atoms with Gasteiger partial charge in [-0.2, -0.15) is 5.10 Å². The van der Waals surface area contributed by atoms with Crippen LogP contribution in [0.25, 0.3) is 0 Å². The average molecular weight is 267 g/mol. The van der Waals surface area contributed by atoms with E-state index in [0.717, 1.165) is 5.69 Å². The summed E-state index contributed by atoms with van der Waals surface area (Å²) in [5.74, 6) is -1.71. The van der Waals surface area contributed by atoms with Crippen molar-refractivity contribution in [3.05, 3.63) is 30.1 Å². The van der Waals surface area contributed by atoms with Crippen LogP contribution < -0.4 is 5.32 Å². The van der Waals surface area contributed by atoms with Crippen molar-refractivity contribution < 1.29 is 19.4 Å². The number of aromatic amines is 1. The molecule has 0 aromatic carbocycles. The van der Waals surface area contributed by atoms with E-state index in [1.165, 1.54) is 6.08 Å². The van der Waals surface area contributed by atoms with Gasteiger partial charge < -0.3 is 15.2 Å². The molecular weight excluding hydrogens is 250 g/mol. The molecule has 0 saturated heterocycles. The summed E-state index contributed by atoms with van der Waals surface area (Å²) < 4.78 is 5.03. The molecule has 1 rings (SSSR count). The van der Waals surface area contributed by atoms with Crippen LogP contribution in [0.3, 0.4) is 0 Å². The summed E-state index contributed by atoms with van der Waals surface area (Å²) in [6.07, 6.45) is 2.22. The summed E-state index contributed by atoms with van der Waals surface area (Å²) in [6, 6.07) is 0.466. The van der Waals surface area contributed by atoms with Crippen LogP contribution in [0.1, 0.15) is 23.1 Å². The Hall–Kier alpha value is -2.15. The van der Waals surface area contributed by atoms with Crippen LogP contribution in [0, 0.1) is 0 Å². The predicted octanol–water partition coefficient (Wildman–Crippen LogP) is 0.358. The first kappa shape index (κ1) is 14.9. The Kier molecular flexibility index (Phi) is 5.74. The van der Waals surface area contributed by atoms with Gasteiger partial charge in [0.25, 0.3) is 5.91 Å². The Morgan fingerprint density at radius 1 is 1.68 bits per heavy atom. The number of carbonyl (C=O) groups excluding carboxylic acids is 1. The van der Waals surface area contributed by atoms with Crippen molar-refractivity contribution in [1.29, 1.82) is 0 Å². The van der Waals surface area contributed by atoms with Crippen molar-refractivity contribution in [2.24, 2.45) is 0 Å². The second-order valence-corrected chi connectivity index (χ2v) is 3.82. The van der Waals surface area contributed by atoms with Gasteiger partial charge in [-0.3, -0.25) is 9.89 Å². The van der Waals surface area contributed by atoms with Crippen molar-refractivity contribution in [1.82, 2.24) is 15.5 Å². The highest BCUT2D eigenvalue weighted by Crippen LogP contribution is 2.01. The Balaban J connectivity index is 2.60. The lowest BCUT2D eigenvalue weighted by Gasteiger charge is -2.13. The van der Waals surface area contributed by atoms with E-state index in [4.69, 9.17) is 9.84 Å². The first-order valence-electron chi connectivity index (χ1n) is 5.85. The smallest absolute Gasteiger partial charge is 0.328 e. The summed E-state index contributed by atoms with van der Waals surface area (Å²) in [4.78, 5) is 22.8. The second kappa shape index (κ2) is 7.32. The topological polar surface area (TPSA) is 104 Å². The molecule has 0 bridgehead atoms. The van der Waals surface area contributed by atoms with Gasteiger partial charge in [-0.05, 0) is 12.5 Å². The van der Waals surface area contributed by atoms with E-state index >= 15 is 0 Å². The molecule has 1 amide bonds. The Bertz CT molecular complexity index is 456. The fourth-order valence-electron chi connectivity index (χ4n) is 1.34. The predicted molar refractivity (Wildman–Crippen MR) is 67.9 cm³/mol. The Labute approximate surface area is 110 Å². The number of carboxylic acid groups (broad SMARTS) is 1. The minimum Gasteiger partial charge on any atom is -0.480 e. The number of aryl methyl sites for hydroxylation is 1. The van der Waals surface area contributed by atoms with Gasteiger partial charge in [0.2, 0.25) is 0 Å². The fraction of sp³-hybridized carbons (Fsp3) is 0.417. The summed E-state index contributed by atoms with van der Waals surface area (Å²) in [5, 5.41) is 17.8. The first-order chi connectivity index (χ1) is 9.08. The van der Waals surface area contributed by atoms with Gasteiger partial charge in [-0.1, -0.05) is 13.0 Å². The molecule has 0 fully saturated rings. The van der Waals surface area contributed by atoms with Crippen molar-refractivity contribution in [2.75, 3.05) is 13.2 Å². The van der Waals surface area contributed by atoms with Crippen LogP contribution in [-0.4, -0.2) is 46.4 Å². The maximum Gasteiger partial charge on any atom is 0.328 e. The van der Waals surface area contributed by atoms with Gasteiger partial charge in [-0.15, -0.1) is 6.58 Å². The number of hydrogen-bond acceptors (Lipinski definition) is 4. The molecule has 104 valence electrons. The zero-order valence-electron chi connectivity index (χ0n) is 10.7. The molecule has 0 aliphatic rings. The molecule has 0 saturated carbocycles. The van der Waals surface area contributed by atoms with Crippen molar-refractivity contribution >= 4 is 11.9 Å². The van der Waals surface area contributed by atoms with Gasteiger partial charge >= 0.3 is 5.97 Å². The molecule has 7 nitrogen and oxygen atoms in total. The number of H-pyrrole nitrogens is 1. The van der Waals surface area contributed by atoms with Crippen LogP contribution in [0.15, 0.2) is 18.7 Å². The Morgan fingerprint density at radius 3 is 2.95 bits per heavy atom. The number of carboxylic acids is 1. The SMILES string of the molecule is C=CCOCC(NC(=O)c1cc(CC)[nH]n1)C(=O)O. The lowest BCUT2D eigenvalue weighted by atomic mass is 10.2.